The maximum Gasteiger partial charge on any atom is 0.160 e. The standard InChI is InChI=1S/C18H19N3O/c1-2-5-14(6-3-1)12-21-17(11-15-8-10-22-13-15)20-16-7-4-9-19-18(16)21/h1-7,9,15H,8,10-13H2. The molecule has 4 nitrogen and oxygen atoms in total. The van der Waals surface area contributed by atoms with Gasteiger partial charge in [0.15, 0.2) is 5.65 Å². The first-order chi connectivity index (χ1) is 10.9. The van der Waals surface area contributed by atoms with E-state index in [1.54, 1.807) is 0 Å². The number of hydrogen-bond donors (Lipinski definition) is 0. The summed E-state index contributed by atoms with van der Waals surface area (Å²) in [5, 5.41) is 0. The Morgan fingerprint density at radius 3 is 2.86 bits per heavy atom. The number of fused-ring (bicyclic) bond motifs is 1. The lowest BCUT2D eigenvalue weighted by atomic mass is 10.0. The average Bonchev–Trinajstić information content (AvgIpc) is 3.18. The van der Waals surface area contributed by atoms with Crippen LogP contribution in [0, 0.1) is 5.92 Å². The summed E-state index contributed by atoms with van der Waals surface area (Å²) in [6.45, 7) is 2.54. The molecule has 4 heteroatoms. The van der Waals surface area contributed by atoms with Crippen LogP contribution in [-0.2, 0) is 17.7 Å². The van der Waals surface area contributed by atoms with E-state index >= 15 is 0 Å². The summed E-state index contributed by atoms with van der Waals surface area (Å²) >= 11 is 0. The number of hydrogen-bond acceptors (Lipinski definition) is 3. The van der Waals surface area contributed by atoms with Gasteiger partial charge in [-0.2, -0.15) is 0 Å². The molecule has 0 amide bonds. The number of pyridine rings is 1. The van der Waals surface area contributed by atoms with Crippen LogP contribution >= 0.6 is 0 Å². The van der Waals surface area contributed by atoms with Gasteiger partial charge in [0, 0.05) is 25.8 Å². The summed E-state index contributed by atoms with van der Waals surface area (Å²) in [6.07, 6.45) is 3.93. The molecule has 0 spiro atoms. The van der Waals surface area contributed by atoms with Crippen molar-refractivity contribution in [3.63, 3.8) is 0 Å². The van der Waals surface area contributed by atoms with Crippen LogP contribution in [0.1, 0.15) is 17.8 Å². The SMILES string of the molecule is c1ccc(Cn2c(CC3CCOC3)nc3cccnc32)cc1. The molecule has 1 unspecified atom stereocenters. The molecule has 4 rings (SSSR count). The number of nitrogens with zero attached hydrogens (tertiary/aromatic N) is 3. The molecule has 22 heavy (non-hydrogen) atoms. The summed E-state index contributed by atoms with van der Waals surface area (Å²) in [5.41, 5.74) is 3.23. The molecule has 1 aromatic carbocycles. The first kappa shape index (κ1) is 13.5. The zero-order valence-corrected chi connectivity index (χ0v) is 12.5. The van der Waals surface area contributed by atoms with E-state index in [0.717, 1.165) is 49.6 Å². The average molecular weight is 293 g/mol. The maximum atomic E-state index is 5.51. The van der Waals surface area contributed by atoms with E-state index in [1.807, 2.05) is 24.4 Å². The Morgan fingerprint density at radius 2 is 2.05 bits per heavy atom. The highest BCUT2D eigenvalue weighted by Crippen LogP contribution is 2.22. The quantitative estimate of drug-likeness (QED) is 0.742. The number of benzene rings is 1. The molecule has 2 aromatic heterocycles. The molecular formula is C18H19N3O. The van der Waals surface area contributed by atoms with Crippen molar-refractivity contribution in [2.24, 2.45) is 5.92 Å². The molecule has 3 aromatic rings. The van der Waals surface area contributed by atoms with Gasteiger partial charge in [-0.15, -0.1) is 0 Å². The van der Waals surface area contributed by atoms with E-state index in [2.05, 4.69) is 33.8 Å². The molecule has 0 saturated carbocycles. The lowest BCUT2D eigenvalue weighted by Crippen LogP contribution is -2.11. The molecule has 0 aliphatic carbocycles. The highest BCUT2D eigenvalue weighted by atomic mass is 16.5. The molecule has 1 aliphatic heterocycles. The van der Waals surface area contributed by atoms with Gasteiger partial charge in [0.1, 0.15) is 11.3 Å². The molecule has 1 atom stereocenters. The maximum absolute atomic E-state index is 5.51. The van der Waals surface area contributed by atoms with Gasteiger partial charge in [-0.05, 0) is 30.0 Å². The van der Waals surface area contributed by atoms with Gasteiger partial charge in [0.05, 0.1) is 6.54 Å². The van der Waals surface area contributed by atoms with E-state index in [1.165, 1.54) is 5.56 Å². The first-order valence-electron chi connectivity index (χ1n) is 7.82. The Morgan fingerprint density at radius 1 is 1.14 bits per heavy atom. The van der Waals surface area contributed by atoms with Crippen molar-refractivity contribution in [3.8, 4) is 0 Å². The molecule has 1 aliphatic rings. The zero-order valence-electron chi connectivity index (χ0n) is 12.5. The Hall–Kier alpha value is -2.20. The summed E-state index contributed by atoms with van der Waals surface area (Å²) in [7, 11) is 0. The van der Waals surface area contributed by atoms with Crippen molar-refractivity contribution in [2.45, 2.75) is 19.4 Å². The van der Waals surface area contributed by atoms with Crippen molar-refractivity contribution < 1.29 is 4.74 Å². The van der Waals surface area contributed by atoms with Crippen LogP contribution in [0.2, 0.25) is 0 Å². The minimum atomic E-state index is 0.575. The normalized spacial score (nSPS) is 18.1. The van der Waals surface area contributed by atoms with Gasteiger partial charge in [-0.25, -0.2) is 9.97 Å². The fourth-order valence-electron chi connectivity index (χ4n) is 3.10. The van der Waals surface area contributed by atoms with E-state index < -0.39 is 0 Å². The lowest BCUT2D eigenvalue weighted by molar-refractivity contribution is 0.185. The molecule has 112 valence electrons. The van der Waals surface area contributed by atoms with Crippen LogP contribution in [0.5, 0.6) is 0 Å². The molecular weight excluding hydrogens is 274 g/mol. The van der Waals surface area contributed by atoms with Crippen molar-refractivity contribution >= 4 is 11.2 Å². The van der Waals surface area contributed by atoms with Gasteiger partial charge in [-0.3, -0.25) is 0 Å². The largest absolute Gasteiger partial charge is 0.381 e. The van der Waals surface area contributed by atoms with Crippen LogP contribution in [0.15, 0.2) is 48.7 Å². The Labute approximate surface area is 129 Å². The highest BCUT2D eigenvalue weighted by Gasteiger charge is 2.20. The van der Waals surface area contributed by atoms with Crippen LogP contribution in [0.3, 0.4) is 0 Å². The van der Waals surface area contributed by atoms with Gasteiger partial charge >= 0.3 is 0 Å². The van der Waals surface area contributed by atoms with Crippen LogP contribution < -0.4 is 0 Å². The smallest absolute Gasteiger partial charge is 0.160 e. The summed E-state index contributed by atoms with van der Waals surface area (Å²) in [6, 6.07) is 14.5. The molecule has 0 N–H and O–H groups in total. The van der Waals surface area contributed by atoms with Crippen molar-refractivity contribution in [1.29, 1.82) is 0 Å². The Balaban J connectivity index is 1.72. The zero-order chi connectivity index (χ0) is 14.8. The van der Waals surface area contributed by atoms with E-state index in [0.29, 0.717) is 5.92 Å². The minimum Gasteiger partial charge on any atom is -0.381 e. The predicted molar refractivity (Wildman–Crippen MR) is 85.7 cm³/mol. The molecule has 1 saturated heterocycles. The number of aromatic nitrogens is 3. The highest BCUT2D eigenvalue weighted by molar-refractivity contribution is 5.71. The second kappa shape index (κ2) is 5.89. The topological polar surface area (TPSA) is 39.9 Å². The first-order valence-corrected chi connectivity index (χ1v) is 7.82. The fourth-order valence-corrected chi connectivity index (χ4v) is 3.10. The molecule has 3 heterocycles. The van der Waals surface area contributed by atoms with E-state index in [9.17, 15) is 0 Å². The monoisotopic (exact) mass is 293 g/mol. The fraction of sp³-hybridized carbons (Fsp3) is 0.333. The van der Waals surface area contributed by atoms with Crippen molar-refractivity contribution in [3.05, 3.63) is 60.0 Å². The number of ether oxygens (including phenoxy) is 1. The van der Waals surface area contributed by atoms with Crippen LogP contribution in [-0.4, -0.2) is 27.7 Å². The van der Waals surface area contributed by atoms with Crippen molar-refractivity contribution in [1.82, 2.24) is 14.5 Å². The second-order valence-corrected chi connectivity index (χ2v) is 5.88. The van der Waals surface area contributed by atoms with Crippen LogP contribution in [0.4, 0.5) is 0 Å². The molecule has 0 radical (unpaired) electrons. The van der Waals surface area contributed by atoms with Crippen LogP contribution in [0.25, 0.3) is 11.2 Å². The predicted octanol–water partition coefficient (Wildman–Crippen LogP) is 3.06. The summed E-state index contributed by atoms with van der Waals surface area (Å²) in [4.78, 5) is 9.36. The van der Waals surface area contributed by atoms with Gasteiger partial charge in [0.2, 0.25) is 0 Å². The van der Waals surface area contributed by atoms with Gasteiger partial charge in [0.25, 0.3) is 0 Å². The summed E-state index contributed by atoms with van der Waals surface area (Å²) < 4.78 is 7.76. The second-order valence-electron chi connectivity index (χ2n) is 5.88. The summed E-state index contributed by atoms with van der Waals surface area (Å²) in [5.74, 6) is 1.69. The number of rotatable bonds is 4. The van der Waals surface area contributed by atoms with Crippen molar-refractivity contribution in [2.75, 3.05) is 13.2 Å². The Kier molecular flexibility index (Phi) is 3.60. The minimum absolute atomic E-state index is 0.575. The molecule has 0 bridgehead atoms. The van der Waals surface area contributed by atoms with Gasteiger partial charge in [-0.1, -0.05) is 30.3 Å². The third kappa shape index (κ3) is 2.62. The third-order valence-corrected chi connectivity index (χ3v) is 4.26. The Bertz CT molecular complexity index is 760. The number of imidazole rings is 1. The third-order valence-electron chi connectivity index (χ3n) is 4.26. The molecule has 1 fully saturated rings. The van der Waals surface area contributed by atoms with Gasteiger partial charge < -0.3 is 9.30 Å². The van der Waals surface area contributed by atoms with E-state index in [4.69, 9.17) is 9.72 Å². The van der Waals surface area contributed by atoms with E-state index in [-0.39, 0.29) is 0 Å². The lowest BCUT2D eigenvalue weighted by Gasteiger charge is -2.11.